The average Bonchev–Trinajstić information content (AvgIpc) is 2.93. The van der Waals surface area contributed by atoms with Crippen LogP contribution in [0, 0.1) is 5.92 Å². The highest BCUT2D eigenvalue weighted by Gasteiger charge is 2.24. The quantitative estimate of drug-likeness (QED) is 0.887. The van der Waals surface area contributed by atoms with Crippen molar-refractivity contribution in [3.8, 4) is 5.75 Å². The number of fused-ring (bicyclic) bond motifs is 1. The Morgan fingerprint density at radius 1 is 1.19 bits per heavy atom. The van der Waals surface area contributed by atoms with Crippen molar-refractivity contribution in [3.63, 3.8) is 0 Å². The summed E-state index contributed by atoms with van der Waals surface area (Å²) in [6, 6.07) is 12.5. The van der Waals surface area contributed by atoms with Gasteiger partial charge >= 0.3 is 0 Å². The maximum Gasteiger partial charge on any atom is 0.123 e. The third-order valence-electron chi connectivity index (χ3n) is 4.54. The molecule has 1 fully saturated rings. The average molecular weight is 285 g/mol. The van der Waals surface area contributed by atoms with Crippen LogP contribution in [-0.2, 0) is 6.54 Å². The van der Waals surface area contributed by atoms with Gasteiger partial charge in [-0.15, -0.1) is 0 Å². The zero-order chi connectivity index (χ0) is 14.7. The van der Waals surface area contributed by atoms with Crippen molar-refractivity contribution in [3.05, 3.63) is 42.0 Å². The molecule has 0 aromatic heterocycles. The zero-order valence-corrected chi connectivity index (χ0v) is 12.5. The van der Waals surface area contributed by atoms with E-state index in [-0.39, 0.29) is 6.10 Å². The third-order valence-corrected chi connectivity index (χ3v) is 4.54. The maximum atomic E-state index is 9.89. The minimum atomic E-state index is -0.132. The number of methoxy groups -OCH3 is 1. The molecular weight excluding hydrogens is 262 g/mol. The van der Waals surface area contributed by atoms with E-state index in [1.807, 2.05) is 6.07 Å². The fourth-order valence-electron chi connectivity index (χ4n) is 3.33. The second-order valence-electron chi connectivity index (χ2n) is 5.86. The molecule has 0 heterocycles. The predicted molar refractivity (Wildman–Crippen MR) is 85.6 cm³/mol. The highest BCUT2D eigenvalue weighted by Crippen LogP contribution is 2.28. The van der Waals surface area contributed by atoms with Gasteiger partial charge in [0.25, 0.3) is 0 Å². The number of hydrogen-bond acceptors (Lipinski definition) is 3. The lowest BCUT2D eigenvalue weighted by atomic mass is 10.0. The molecule has 0 saturated heterocycles. The molecule has 0 radical (unpaired) electrons. The first-order chi connectivity index (χ1) is 10.3. The zero-order valence-electron chi connectivity index (χ0n) is 12.5. The van der Waals surface area contributed by atoms with Crippen LogP contribution in [0.25, 0.3) is 10.8 Å². The van der Waals surface area contributed by atoms with Crippen molar-refractivity contribution in [1.29, 1.82) is 0 Å². The third kappa shape index (κ3) is 3.04. The minimum Gasteiger partial charge on any atom is -0.496 e. The Kier molecular flexibility index (Phi) is 4.42. The molecule has 0 amide bonds. The lowest BCUT2D eigenvalue weighted by Gasteiger charge is -2.17. The molecule has 2 unspecified atom stereocenters. The van der Waals surface area contributed by atoms with Crippen LogP contribution in [0.15, 0.2) is 36.4 Å². The Hall–Kier alpha value is -1.58. The smallest absolute Gasteiger partial charge is 0.123 e. The van der Waals surface area contributed by atoms with E-state index in [1.165, 1.54) is 16.3 Å². The second-order valence-corrected chi connectivity index (χ2v) is 5.86. The lowest BCUT2D eigenvalue weighted by Crippen LogP contribution is -2.27. The fourth-order valence-corrected chi connectivity index (χ4v) is 3.33. The summed E-state index contributed by atoms with van der Waals surface area (Å²) in [4.78, 5) is 0. The summed E-state index contributed by atoms with van der Waals surface area (Å²) >= 11 is 0. The Bertz CT molecular complexity index is 611. The molecule has 2 aromatic carbocycles. The summed E-state index contributed by atoms with van der Waals surface area (Å²) in [5.74, 6) is 1.32. The molecule has 2 atom stereocenters. The van der Waals surface area contributed by atoms with Crippen LogP contribution in [0.3, 0.4) is 0 Å². The maximum absolute atomic E-state index is 9.89. The van der Waals surface area contributed by atoms with E-state index in [0.717, 1.165) is 38.1 Å². The molecule has 1 saturated carbocycles. The van der Waals surface area contributed by atoms with Gasteiger partial charge in [0.2, 0.25) is 0 Å². The molecule has 0 bridgehead atoms. The molecule has 0 spiro atoms. The first kappa shape index (κ1) is 14.4. The monoisotopic (exact) mass is 285 g/mol. The molecular formula is C18H23NO2. The first-order valence-corrected chi connectivity index (χ1v) is 7.73. The normalized spacial score (nSPS) is 21.8. The van der Waals surface area contributed by atoms with E-state index in [9.17, 15) is 5.11 Å². The van der Waals surface area contributed by atoms with Gasteiger partial charge in [-0.2, -0.15) is 0 Å². The summed E-state index contributed by atoms with van der Waals surface area (Å²) in [6.45, 7) is 1.64. The molecule has 3 nitrogen and oxygen atoms in total. The number of benzene rings is 2. The molecule has 3 heteroatoms. The van der Waals surface area contributed by atoms with Crippen LogP contribution in [0.4, 0.5) is 0 Å². The summed E-state index contributed by atoms with van der Waals surface area (Å²) in [5.41, 5.74) is 1.20. The van der Waals surface area contributed by atoms with E-state index < -0.39 is 0 Å². The largest absolute Gasteiger partial charge is 0.496 e. The van der Waals surface area contributed by atoms with Gasteiger partial charge in [0.05, 0.1) is 13.2 Å². The number of aliphatic hydroxyl groups is 1. The molecule has 1 aliphatic carbocycles. The van der Waals surface area contributed by atoms with Crippen LogP contribution in [0.5, 0.6) is 5.75 Å². The van der Waals surface area contributed by atoms with Crippen LogP contribution in [0.2, 0.25) is 0 Å². The van der Waals surface area contributed by atoms with Crippen molar-refractivity contribution in [2.45, 2.75) is 31.9 Å². The van der Waals surface area contributed by atoms with E-state index in [4.69, 9.17) is 4.74 Å². The van der Waals surface area contributed by atoms with Gasteiger partial charge in [0.15, 0.2) is 0 Å². The summed E-state index contributed by atoms with van der Waals surface area (Å²) in [7, 11) is 1.72. The molecule has 21 heavy (non-hydrogen) atoms. The van der Waals surface area contributed by atoms with Crippen molar-refractivity contribution >= 4 is 10.8 Å². The van der Waals surface area contributed by atoms with E-state index >= 15 is 0 Å². The van der Waals surface area contributed by atoms with Crippen LogP contribution in [0.1, 0.15) is 24.8 Å². The van der Waals surface area contributed by atoms with Crippen molar-refractivity contribution in [2.75, 3.05) is 13.7 Å². The Morgan fingerprint density at radius 3 is 2.81 bits per heavy atom. The topological polar surface area (TPSA) is 41.5 Å². The van der Waals surface area contributed by atoms with Crippen LogP contribution < -0.4 is 10.1 Å². The van der Waals surface area contributed by atoms with Gasteiger partial charge in [0, 0.05) is 18.7 Å². The number of ether oxygens (including phenoxy) is 1. The Morgan fingerprint density at radius 2 is 2.05 bits per heavy atom. The van der Waals surface area contributed by atoms with Gasteiger partial charge in [-0.3, -0.25) is 0 Å². The van der Waals surface area contributed by atoms with E-state index in [1.54, 1.807) is 7.11 Å². The van der Waals surface area contributed by atoms with Crippen LogP contribution >= 0.6 is 0 Å². The minimum absolute atomic E-state index is 0.132. The van der Waals surface area contributed by atoms with Crippen molar-refractivity contribution in [2.24, 2.45) is 5.92 Å². The van der Waals surface area contributed by atoms with Gasteiger partial charge in [-0.1, -0.05) is 36.8 Å². The predicted octanol–water partition coefficient (Wildman–Crippen LogP) is 3.10. The molecule has 1 aliphatic rings. The Balaban J connectivity index is 1.75. The molecule has 3 rings (SSSR count). The van der Waals surface area contributed by atoms with Gasteiger partial charge in [0.1, 0.15) is 5.75 Å². The fraction of sp³-hybridized carbons (Fsp3) is 0.444. The highest BCUT2D eigenvalue weighted by molar-refractivity contribution is 5.87. The van der Waals surface area contributed by atoms with Gasteiger partial charge < -0.3 is 15.2 Å². The molecule has 0 aliphatic heterocycles. The standard InChI is InChI=1S/C18H23NO2/c1-21-18-10-9-13-5-2-3-7-15(13)16(18)12-19-11-14-6-4-8-17(14)20/h2-3,5,7,9-10,14,17,19-20H,4,6,8,11-12H2,1H3. The second kappa shape index (κ2) is 6.46. The summed E-state index contributed by atoms with van der Waals surface area (Å²) < 4.78 is 5.51. The van der Waals surface area contributed by atoms with Gasteiger partial charge in [-0.25, -0.2) is 0 Å². The molecule has 112 valence electrons. The number of aliphatic hydroxyl groups excluding tert-OH is 1. The lowest BCUT2D eigenvalue weighted by molar-refractivity contribution is 0.131. The Labute approximate surface area is 125 Å². The summed E-state index contributed by atoms with van der Waals surface area (Å²) in [5, 5.41) is 15.9. The first-order valence-electron chi connectivity index (χ1n) is 7.73. The summed E-state index contributed by atoms with van der Waals surface area (Å²) in [6.07, 6.45) is 3.09. The van der Waals surface area contributed by atoms with E-state index in [0.29, 0.717) is 5.92 Å². The van der Waals surface area contributed by atoms with Gasteiger partial charge in [-0.05, 0) is 35.6 Å². The molecule has 2 aromatic rings. The number of nitrogens with one attached hydrogen (secondary N) is 1. The molecule has 2 N–H and O–H groups in total. The SMILES string of the molecule is COc1ccc2ccccc2c1CNCC1CCCC1O. The van der Waals surface area contributed by atoms with E-state index in [2.05, 4.69) is 35.6 Å². The van der Waals surface area contributed by atoms with Crippen molar-refractivity contribution in [1.82, 2.24) is 5.32 Å². The number of rotatable bonds is 5. The van der Waals surface area contributed by atoms with Crippen LogP contribution in [-0.4, -0.2) is 24.9 Å². The van der Waals surface area contributed by atoms with Crippen molar-refractivity contribution < 1.29 is 9.84 Å². The highest BCUT2D eigenvalue weighted by atomic mass is 16.5. The number of hydrogen-bond donors (Lipinski definition) is 2.